The minimum atomic E-state index is -0.404. The van der Waals surface area contributed by atoms with Crippen LogP contribution in [0.1, 0.15) is 20.8 Å². The van der Waals surface area contributed by atoms with E-state index in [4.69, 9.17) is 11.6 Å². The first-order valence-electron chi connectivity index (χ1n) is 6.84. The topological polar surface area (TPSA) is 67.2 Å². The Bertz CT molecular complexity index is 679. The minimum absolute atomic E-state index is 0.0226. The van der Waals surface area contributed by atoms with E-state index in [1.807, 2.05) is 20.8 Å². The van der Waals surface area contributed by atoms with Crippen molar-refractivity contribution in [3.63, 3.8) is 0 Å². The Morgan fingerprint density at radius 2 is 1.64 bits per heavy atom. The molecule has 0 amide bonds. The number of halogens is 1. The standard InChI is InChI=1S/C16H18ClN3O2/c1-16(2,3)19-13-8-9-15(20(21)22)14(10-13)18-12-6-4-11(17)5-7-12/h4-10,18-19H,1-3H3. The first-order chi connectivity index (χ1) is 10.2. The van der Waals surface area contributed by atoms with E-state index in [-0.39, 0.29) is 11.2 Å². The normalized spacial score (nSPS) is 11.1. The van der Waals surface area contributed by atoms with Crippen molar-refractivity contribution >= 4 is 34.4 Å². The average molecular weight is 320 g/mol. The second-order valence-corrected chi connectivity index (χ2v) is 6.43. The van der Waals surface area contributed by atoms with E-state index in [0.29, 0.717) is 10.7 Å². The van der Waals surface area contributed by atoms with Gasteiger partial charge in [-0.25, -0.2) is 0 Å². The lowest BCUT2D eigenvalue weighted by atomic mass is 10.1. The summed E-state index contributed by atoms with van der Waals surface area (Å²) in [5.74, 6) is 0. The molecule has 5 nitrogen and oxygen atoms in total. The lowest BCUT2D eigenvalue weighted by Gasteiger charge is -2.22. The maximum atomic E-state index is 11.2. The van der Waals surface area contributed by atoms with Crippen LogP contribution in [0.3, 0.4) is 0 Å². The molecule has 22 heavy (non-hydrogen) atoms. The lowest BCUT2D eigenvalue weighted by molar-refractivity contribution is -0.383. The molecule has 6 heteroatoms. The summed E-state index contributed by atoms with van der Waals surface area (Å²) in [6.45, 7) is 6.09. The number of hydrogen-bond donors (Lipinski definition) is 2. The summed E-state index contributed by atoms with van der Waals surface area (Å²) in [6.07, 6.45) is 0. The Balaban J connectivity index is 2.35. The molecule has 0 atom stereocenters. The zero-order chi connectivity index (χ0) is 16.3. The van der Waals surface area contributed by atoms with Crippen LogP contribution >= 0.6 is 11.6 Å². The van der Waals surface area contributed by atoms with Crippen molar-refractivity contribution in [3.8, 4) is 0 Å². The maximum absolute atomic E-state index is 11.2. The molecular formula is C16H18ClN3O2. The fourth-order valence-corrected chi connectivity index (χ4v) is 2.12. The fraction of sp³-hybridized carbons (Fsp3) is 0.250. The van der Waals surface area contributed by atoms with E-state index < -0.39 is 4.92 Å². The van der Waals surface area contributed by atoms with E-state index in [1.54, 1.807) is 36.4 Å². The molecule has 0 spiro atoms. The summed E-state index contributed by atoms with van der Waals surface area (Å²) in [6, 6.07) is 11.9. The summed E-state index contributed by atoms with van der Waals surface area (Å²) in [5.41, 5.74) is 1.87. The molecule has 0 aliphatic carbocycles. The molecule has 0 aliphatic rings. The molecule has 0 fully saturated rings. The van der Waals surface area contributed by atoms with Crippen LogP contribution in [0.5, 0.6) is 0 Å². The van der Waals surface area contributed by atoms with Crippen LogP contribution in [0.15, 0.2) is 42.5 Å². The molecule has 2 aromatic carbocycles. The van der Waals surface area contributed by atoms with Crippen LogP contribution < -0.4 is 10.6 Å². The van der Waals surface area contributed by atoms with Gasteiger partial charge in [0.15, 0.2) is 0 Å². The molecule has 0 saturated heterocycles. The highest BCUT2D eigenvalue weighted by Crippen LogP contribution is 2.31. The van der Waals surface area contributed by atoms with E-state index in [1.165, 1.54) is 6.07 Å². The van der Waals surface area contributed by atoms with Gasteiger partial charge in [-0.3, -0.25) is 10.1 Å². The van der Waals surface area contributed by atoms with Crippen molar-refractivity contribution in [1.29, 1.82) is 0 Å². The third-order valence-electron chi connectivity index (χ3n) is 2.84. The number of benzene rings is 2. The molecule has 0 bridgehead atoms. The van der Waals surface area contributed by atoms with Crippen LogP contribution in [0.4, 0.5) is 22.7 Å². The fourth-order valence-electron chi connectivity index (χ4n) is 1.99. The highest BCUT2D eigenvalue weighted by Gasteiger charge is 2.16. The second-order valence-electron chi connectivity index (χ2n) is 6.00. The zero-order valence-electron chi connectivity index (χ0n) is 12.7. The van der Waals surface area contributed by atoms with Gasteiger partial charge in [-0.05, 0) is 57.2 Å². The Labute approximate surface area is 134 Å². The van der Waals surface area contributed by atoms with Crippen molar-refractivity contribution in [3.05, 3.63) is 57.6 Å². The van der Waals surface area contributed by atoms with E-state index in [0.717, 1.165) is 11.4 Å². The molecule has 0 unspecified atom stereocenters. The molecule has 0 radical (unpaired) electrons. The predicted molar refractivity (Wildman–Crippen MR) is 91.2 cm³/mol. The van der Waals surface area contributed by atoms with Crippen molar-refractivity contribution in [1.82, 2.24) is 0 Å². The number of nitrogens with one attached hydrogen (secondary N) is 2. The predicted octanol–water partition coefficient (Wildman–Crippen LogP) is 5.20. The molecule has 0 aromatic heterocycles. The van der Waals surface area contributed by atoms with E-state index in [9.17, 15) is 10.1 Å². The average Bonchev–Trinajstić information content (AvgIpc) is 2.39. The number of anilines is 3. The number of rotatable bonds is 4. The van der Waals surface area contributed by atoms with Gasteiger partial charge in [-0.2, -0.15) is 0 Å². The quantitative estimate of drug-likeness (QED) is 0.600. The van der Waals surface area contributed by atoms with Crippen molar-refractivity contribution in [2.45, 2.75) is 26.3 Å². The van der Waals surface area contributed by atoms with Crippen molar-refractivity contribution in [2.75, 3.05) is 10.6 Å². The highest BCUT2D eigenvalue weighted by atomic mass is 35.5. The van der Waals surface area contributed by atoms with E-state index >= 15 is 0 Å². The third-order valence-corrected chi connectivity index (χ3v) is 3.09. The van der Waals surface area contributed by atoms with Crippen LogP contribution in [0, 0.1) is 10.1 Å². The third kappa shape index (κ3) is 4.36. The Hall–Kier alpha value is -2.27. The van der Waals surface area contributed by atoms with Crippen LogP contribution in [-0.4, -0.2) is 10.5 Å². The molecule has 0 aliphatic heterocycles. The molecule has 2 rings (SSSR count). The van der Waals surface area contributed by atoms with Crippen LogP contribution in [0.2, 0.25) is 5.02 Å². The second kappa shape index (κ2) is 6.23. The Morgan fingerprint density at radius 1 is 1.05 bits per heavy atom. The van der Waals surface area contributed by atoms with Crippen molar-refractivity contribution in [2.24, 2.45) is 0 Å². The van der Waals surface area contributed by atoms with Gasteiger partial charge in [0.05, 0.1) is 4.92 Å². The van der Waals surface area contributed by atoms with Crippen LogP contribution in [0.25, 0.3) is 0 Å². The largest absolute Gasteiger partial charge is 0.380 e. The molecule has 0 heterocycles. The molecule has 2 N–H and O–H groups in total. The summed E-state index contributed by atoms with van der Waals surface area (Å²) in [7, 11) is 0. The van der Waals surface area contributed by atoms with Gasteiger partial charge >= 0.3 is 0 Å². The van der Waals surface area contributed by atoms with Gasteiger partial charge in [0.25, 0.3) is 5.69 Å². The monoisotopic (exact) mass is 319 g/mol. The lowest BCUT2D eigenvalue weighted by Crippen LogP contribution is -2.26. The summed E-state index contributed by atoms with van der Waals surface area (Å²) >= 11 is 5.85. The number of nitro groups is 1. The van der Waals surface area contributed by atoms with Gasteiger partial charge < -0.3 is 10.6 Å². The van der Waals surface area contributed by atoms with Gasteiger partial charge in [0, 0.05) is 28.0 Å². The summed E-state index contributed by atoms with van der Waals surface area (Å²) in [4.78, 5) is 10.8. The van der Waals surface area contributed by atoms with Gasteiger partial charge in [0.2, 0.25) is 0 Å². The highest BCUT2D eigenvalue weighted by molar-refractivity contribution is 6.30. The van der Waals surface area contributed by atoms with Crippen LogP contribution in [-0.2, 0) is 0 Å². The SMILES string of the molecule is CC(C)(C)Nc1ccc([N+](=O)[O-])c(Nc2ccc(Cl)cc2)c1. The summed E-state index contributed by atoms with van der Waals surface area (Å²) in [5, 5.41) is 18.2. The van der Waals surface area contributed by atoms with Gasteiger partial charge in [-0.1, -0.05) is 11.6 Å². The first kappa shape index (κ1) is 16.1. The summed E-state index contributed by atoms with van der Waals surface area (Å²) < 4.78 is 0. The molecule has 0 saturated carbocycles. The van der Waals surface area contributed by atoms with Crippen molar-refractivity contribution < 1.29 is 4.92 Å². The Morgan fingerprint density at radius 3 is 2.18 bits per heavy atom. The smallest absolute Gasteiger partial charge is 0.292 e. The van der Waals surface area contributed by atoms with Gasteiger partial charge in [-0.15, -0.1) is 0 Å². The zero-order valence-corrected chi connectivity index (χ0v) is 13.4. The first-order valence-corrected chi connectivity index (χ1v) is 7.22. The molecule has 116 valence electrons. The Kier molecular flexibility index (Phi) is 4.56. The van der Waals surface area contributed by atoms with Gasteiger partial charge in [0.1, 0.15) is 5.69 Å². The minimum Gasteiger partial charge on any atom is -0.380 e. The maximum Gasteiger partial charge on any atom is 0.292 e. The van der Waals surface area contributed by atoms with E-state index in [2.05, 4.69) is 10.6 Å². The number of hydrogen-bond acceptors (Lipinski definition) is 4. The number of nitro benzene ring substituents is 1. The number of nitrogens with zero attached hydrogens (tertiary/aromatic N) is 1. The molecular weight excluding hydrogens is 302 g/mol. The molecule has 2 aromatic rings.